The summed E-state index contributed by atoms with van der Waals surface area (Å²) in [5.41, 5.74) is 8.18. The number of nitrogens with two attached hydrogens (primary N) is 1. The highest BCUT2D eigenvalue weighted by atomic mass is 32.1. The molecule has 0 unspecified atom stereocenters. The second kappa shape index (κ2) is 13.3. The van der Waals surface area contributed by atoms with E-state index in [4.69, 9.17) is 24.4 Å². The van der Waals surface area contributed by atoms with Gasteiger partial charge in [0.05, 0.1) is 25.9 Å². The van der Waals surface area contributed by atoms with Gasteiger partial charge in [0.1, 0.15) is 18.6 Å². The lowest BCUT2D eigenvalue weighted by Crippen LogP contribution is -2.40. The second-order valence-electron chi connectivity index (χ2n) is 9.28. The zero-order valence-corrected chi connectivity index (χ0v) is 23.3. The van der Waals surface area contributed by atoms with Gasteiger partial charge in [-0.15, -0.1) is 11.3 Å². The van der Waals surface area contributed by atoms with Gasteiger partial charge in [0.15, 0.2) is 5.60 Å². The highest BCUT2D eigenvalue weighted by molar-refractivity contribution is 7.11. The molecule has 0 aliphatic carbocycles. The Hall–Kier alpha value is -3.63. The molecule has 2 heterocycles. The van der Waals surface area contributed by atoms with Crippen LogP contribution in [0.2, 0.25) is 0 Å². The predicted molar refractivity (Wildman–Crippen MR) is 145 cm³/mol. The van der Waals surface area contributed by atoms with Crippen molar-refractivity contribution in [2.75, 3.05) is 19.8 Å². The van der Waals surface area contributed by atoms with Crippen molar-refractivity contribution < 1.29 is 28.2 Å². The van der Waals surface area contributed by atoms with Crippen LogP contribution in [0.4, 0.5) is 0 Å². The van der Waals surface area contributed by atoms with E-state index in [-0.39, 0.29) is 19.8 Å². The average molecular weight is 542 g/mol. The summed E-state index contributed by atoms with van der Waals surface area (Å²) in [4.78, 5) is 32.0. The van der Waals surface area contributed by atoms with E-state index < -0.39 is 17.5 Å². The summed E-state index contributed by atoms with van der Waals surface area (Å²) >= 11 is 1.52. The minimum atomic E-state index is -1.13. The van der Waals surface area contributed by atoms with Gasteiger partial charge in [0.25, 0.3) is 0 Å². The molecule has 2 N–H and O–H groups in total. The molecule has 3 aromatic rings. The summed E-state index contributed by atoms with van der Waals surface area (Å²) in [6.45, 7) is 10.1. The van der Waals surface area contributed by atoms with Crippen LogP contribution in [-0.4, -0.2) is 47.2 Å². The van der Waals surface area contributed by atoms with E-state index in [9.17, 15) is 9.59 Å². The van der Waals surface area contributed by atoms with Gasteiger partial charge in [-0.3, -0.25) is 9.69 Å². The molecule has 0 saturated heterocycles. The van der Waals surface area contributed by atoms with Crippen LogP contribution < -0.4 is 10.5 Å². The lowest BCUT2D eigenvalue weighted by Gasteiger charge is -2.27. The number of ether oxygens (including phenoxy) is 3. The summed E-state index contributed by atoms with van der Waals surface area (Å²) in [5, 5.41) is 1.94. The van der Waals surface area contributed by atoms with Crippen molar-refractivity contribution in [2.45, 2.75) is 53.3 Å². The molecule has 0 aliphatic rings. The first kappa shape index (κ1) is 28.9. The maximum Gasteiger partial charge on any atom is 0.349 e. The lowest BCUT2D eigenvalue weighted by molar-refractivity contribution is -0.158. The van der Waals surface area contributed by atoms with Crippen LogP contribution in [0.5, 0.6) is 5.75 Å². The summed E-state index contributed by atoms with van der Waals surface area (Å²) in [5.74, 6) is 0.298. The fourth-order valence-corrected chi connectivity index (χ4v) is 4.52. The maximum absolute atomic E-state index is 12.7. The van der Waals surface area contributed by atoms with Gasteiger partial charge in [0.2, 0.25) is 5.89 Å². The van der Waals surface area contributed by atoms with Crippen molar-refractivity contribution in [1.82, 2.24) is 9.88 Å². The Kier molecular flexibility index (Phi) is 10.1. The van der Waals surface area contributed by atoms with Crippen LogP contribution in [0.15, 0.2) is 52.6 Å². The fourth-order valence-electron chi connectivity index (χ4n) is 3.84. The van der Waals surface area contributed by atoms with Crippen LogP contribution in [0.25, 0.3) is 5.70 Å². The SMILES string of the molecule is CCOC(=O)C(C)(C)Oc1c(C)cc(CN(CC(=O)OC/C=C(\N)c2cccs2)Cc2ncco2)cc1C. The van der Waals surface area contributed by atoms with Gasteiger partial charge in [-0.2, -0.15) is 0 Å². The van der Waals surface area contributed by atoms with Crippen molar-refractivity contribution in [2.24, 2.45) is 5.73 Å². The van der Waals surface area contributed by atoms with Gasteiger partial charge >= 0.3 is 11.9 Å². The molecule has 0 spiro atoms. The Bertz CT molecular complexity index is 1210. The van der Waals surface area contributed by atoms with E-state index in [1.54, 1.807) is 33.0 Å². The Morgan fingerprint density at radius 1 is 1.18 bits per heavy atom. The topological polar surface area (TPSA) is 117 Å². The first-order valence-electron chi connectivity index (χ1n) is 12.3. The number of rotatable bonds is 13. The highest BCUT2D eigenvalue weighted by Crippen LogP contribution is 2.30. The van der Waals surface area contributed by atoms with Crippen LogP contribution in [0.3, 0.4) is 0 Å². The Morgan fingerprint density at radius 3 is 2.53 bits per heavy atom. The molecule has 10 heteroatoms. The van der Waals surface area contributed by atoms with E-state index >= 15 is 0 Å². The van der Waals surface area contributed by atoms with E-state index in [0.29, 0.717) is 30.4 Å². The van der Waals surface area contributed by atoms with E-state index in [1.807, 2.05) is 48.4 Å². The number of aromatic nitrogens is 1. The van der Waals surface area contributed by atoms with Crippen LogP contribution >= 0.6 is 11.3 Å². The van der Waals surface area contributed by atoms with Crippen molar-refractivity contribution in [3.63, 3.8) is 0 Å². The zero-order valence-electron chi connectivity index (χ0n) is 22.5. The molecule has 9 nitrogen and oxygen atoms in total. The summed E-state index contributed by atoms with van der Waals surface area (Å²) < 4.78 is 22.0. The molecular weight excluding hydrogens is 506 g/mol. The summed E-state index contributed by atoms with van der Waals surface area (Å²) in [6.07, 6.45) is 4.75. The number of thiophene rings is 1. The predicted octanol–water partition coefficient (Wildman–Crippen LogP) is 4.62. The monoisotopic (exact) mass is 541 g/mol. The first-order valence-corrected chi connectivity index (χ1v) is 13.2. The molecule has 0 bridgehead atoms. The number of aryl methyl sites for hydroxylation is 2. The average Bonchev–Trinajstić information content (AvgIpc) is 3.56. The van der Waals surface area contributed by atoms with E-state index in [2.05, 4.69) is 4.98 Å². The third-order valence-corrected chi connectivity index (χ3v) is 6.52. The van der Waals surface area contributed by atoms with Crippen molar-refractivity contribution in [3.8, 4) is 5.75 Å². The van der Waals surface area contributed by atoms with Gasteiger partial charge in [0, 0.05) is 17.1 Å². The van der Waals surface area contributed by atoms with Crippen molar-refractivity contribution >= 4 is 29.0 Å². The number of carbonyl (C=O) groups excluding carboxylic acids is 2. The number of carbonyl (C=O) groups is 2. The molecule has 0 amide bonds. The van der Waals surface area contributed by atoms with Crippen LogP contribution in [0.1, 0.15) is 48.2 Å². The number of hydrogen-bond acceptors (Lipinski definition) is 10. The summed E-state index contributed by atoms with van der Waals surface area (Å²) in [6, 6.07) is 7.77. The van der Waals surface area contributed by atoms with Gasteiger partial charge in [-0.25, -0.2) is 9.78 Å². The molecule has 3 rings (SSSR count). The quantitative estimate of drug-likeness (QED) is 0.309. The van der Waals surface area contributed by atoms with Crippen LogP contribution in [0, 0.1) is 13.8 Å². The van der Waals surface area contributed by atoms with E-state index in [0.717, 1.165) is 21.6 Å². The second-order valence-corrected chi connectivity index (χ2v) is 10.2. The molecule has 204 valence electrons. The smallest absolute Gasteiger partial charge is 0.349 e. The molecule has 1 aromatic carbocycles. The highest BCUT2D eigenvalue weighted by Gasteiger charge is 2.32. The molecule has 0 aliphatic heterocycles. The number of hydrogen-bond donors (Lipinski definition) is 1. The number of oxazole rings is 1. The third kappa shape index (κ3) is 8.19. The Labute approximate surface area is 227 Å². The molecule has 0 saturated carbocycles. The zero-order chi connectivity index (χ0) is 27.7. The number of nitrogens with zero attached hydrogens (tertiary/aromatic N) is 2. The molecule has 0 atom stereocenters. The normalized spacial score (nSPS) is 12.0. The van der Waals surface area contributed by atoms with Gasteiger partial charge in [-0.1, -0.05) is 18.2 Å². The minimum Gasteiger partial charge on any atom is -0.476 e. The van der Waals surface area contributed by atoms with E-state index in [1.165, 1.54) is 17.6 Å². The minimum absolute atomic E-state index is 0.0291. The lowest BCUT2D eigenvalue weighted by atomic mass is 10.0. The molecule has 38 heavy (non-hydrogen) atoms. The standard InChI is InChI=1S/C28H35N3O6S/c1-6-34-27(33)28(4,5)37-26-19(2)14-21(15-20(26)3)16-31(17-24-30-10-12-35-24)18-25(32)36-11-9-22(29)23-8-7-13-38-23/h7-10,12-15H,6,11,16-18,29H2,1-5H3/b22-9-. The van der Waals surface area contributed by atoms with Crippen LogP contribution in [-0.2, 0) is 32.2 Å². The fraction of sp³-hybridized carbons (Fsp3) is 0.393. The molecule has 0 radical (unpaired) electrons. The Balaban J connectivity index is 1.69. The maximum atomic E-state index is 12.7. The van der Waals surface area contributed by atoms with Gasteiger partial charge in [-0.05, 0) is 68.8 Å². The third-order valence-electron chi connectivity index (χ3n) is 5.60. The number of esters is 2. The summed E-state index contributed by atoms with van der Waals surface area (Å²) in [7, 11) is 0. The Morgan fingerprint density at radius 2 is 1.92 bits per heavy atom. The largest absolute Gasteiger partial charge is 0.476 e. The molecule has 2 aromatic heterocycles. The number of benzene rings is 1. The first-order chi connectivity index (χ1) is 18.1. The van der Waals surface area contributed by atoms with Crippen molar-refractivity contribution in [1.29, 1.82) is 0 Å². The molecular formula is C28H35N3O6S. The van der Waals surface area contributed by atoms with Gasteiger partial charge < -0.3 is 24.4 Å². The molecule has 0 fully saturated rings. The van der Waals surface area contributed by atoms with Crippen molar-refractivity contribution in [3.05, 3.63) is 75.6 Å².